The van der Waals surface area contributed by atoms with Crippen LogP contribution in [0, 0.1) is 17.0 Å². The predicted octanol–water partition coefficient (Wildman–Crippen LogP) is 4.83. The third kappa shape index (κ3) is 4.67. The minimum absolute atomic E-state index is 0.0251. The normalized spacial score (nSPS) is 14.3. The molecule has 0 atom stereocenters. The van der Waals surface area contributed by atoms with Crippen LogP contribution in [-0.2, 0) is 16.1 Å². The molecular formula is C24H18N2O5. The number of carbonyl (C=O) groups is 1. The van der Waals surface area contributed by atoms with Crippen LogP contribution in [0.3, 0.4) is 0 Å². The minimum Gasteiger partial charge on any atom is -0.489 e. The fourth-order valence-electron chi connectivity index (χ4n) is 3.08. The summed E-state index contributed by atoms with van der Waals surface area (Å²) in [4.78, 5) is 27.0. The summed E-state index contributed by atoms with van der Waals surface area (Å²) in [5.74, 6) is 0.405. The molecule has 0 saturated carbocycles. The molecule has 31 heavy (non-hydrogen) atoms. The number of hydrogen-bond acceptors (Lipinski definition) is 6. The molecule has 0 bridgehead atoms. The zero-order valence-corrected chi connectivity index (χ0v) is 16.6. The first kappa shape index (κ1) is 20.0. The number of nitrogens with zero attached hydrogens (tertiary/aromatic N) is 2. The lowest BCUT2D eigenvalue weighted by Gasteiger charge is -2.06. The number of carbonyl (C=O) groups excluding carboxylic acids is 1. The Balaban J connectivity index is 1.45. The summed E-state index contributed by atoms with van der Waals surface area (Å²) in [5, 5.41) is 10.9. The second kappa shape index (κ2) is 8.62. The van der Waals surface area contributed by atoms with E-state index in [9.17, 15) is 14.9 Å². The van der Waals surface area contributed by atoms with Crippen molar-refractivity contribution in [3.05, 3.63) is 111 Å². The van der Waals surface area contributed by atoms with Gasteiger partial charge in [0.25, 0.3) is 5.69 Å². The predicted molar refractivity (Wildman–Crippen MR) is 116 cm³/mol. The first-order valence-electron chi connectivity index (χ1n) is 9.54. The van der Waals surface area contributed by atoms with Crippen molar-refractivity contribution in [2.24, 2.45) is 4.99 Å². The number of rotatable bonds is 6. The summed E-state index contributed by atoms with van der Waals surface area (Å²) >= 11 is 0. The number of benzene rings is 3. The van der Waals surface area contributed by atoms with E-state index in [0.29, 0.717) is 17.2 Å². The third-order valence-electron chi connectivity index (χ3n) is 4.71. The van der Waals surface area contributed by atoms with Gasteiger partial charge in [0.15, 0.2) is 5.70 Å². The molecule has 0 spiro atoms. The number of ether oxygens (including phenoxy) is 2. The van der Waals surface area contributed by atoms with Gasteiger partial charge < -0.3 is 9.47 Å². The van der Waals surface area contributed by atoms with Crippen LogP contribution in [0.15, 0.2) is 83.5 Å². The van der Waals surface area contributed by atoms with Crippen LogP contribution < -0.4 is 4.74 Å². The number of aryl methyl sites for hydroxylation is 1. The van der Waals surface area contributed by atoms with Crippen LogP contribution in [0.4, 0.5) is 5.69 Å². The minimum atomic E-state index is -0.496. The summed E-state index contributed by atoms with van der Waals surface area (Å²) < 4.78 is 11.0. The fourth-order valence-corrected chi connectivity index (χ4v) is 3.08. The Hall–Kier alpha value is -4.26. The molecule has 3 aromatic carbocycles. The summed E-state index contributed by atoms with van der Waals surface area (Å²) in [5.41, 5.74) is 3.47. The molecule has 0 saturated heterocycles. The number of nitro benzene ring substituents is 1. The first-order valence-corrected chi connectivity index (χ1v) is 9.54. The third-order valence-corrected chi connectivity index (χ3v) is 4.71. The van der Waals surface area contributed by atoms with E-state index in [1.165, 1.54) is 12.1 Å². The molecule has 0 radical (unpaired) electrons. The highest BCUT2D eigenvalue weighted by molar-refractivity contribution is 6.13. The summed E-state index contributed by atoms with van der Waals surface area (Å²) in [6.45, 7) is 2.14. The maximum Gasteiger partial charge on any atom is 0.363 e. The van der Waals surface area contributed by atoms with E-state index in [1.807, 2.05) is 31.2 Å². The van der Waals surface area contributed by atoms with Crippen molar-refractivity contribution in [1.29, 1.82) is 0 Å². The smallest absolute Gasteiger partial charge is 0.363 e. The monoisotopic (exact) mass is 414 g/mol. The second-order valence-corrected chi connectivity index (χ2v) is 6.94. The van der Waals surface area contributed by atoms with Crippen molar-refractivity contribution in [3.63, 3.8) is 0 Å². The Morgan fingerprint density at radius 1 is 1.06 bits per heavy atom. The topological polar surface area (TPSA) is 91.0 Å². The Kier molecular flexibility index (Phi) is 5.57. The molecule has 0 fully saturated rings. The van der Waals surface area contributed by atoms with Crippen LogP contribution in [-0.4, -0.2) is 16.8 Å². The Bertz CT molecular complexity index is 1210. The molecule has 1 aliphatic rings. The van der Waals surface area contributed by atoms with Crippen LogP contribution in [0.5, 0.6) is 5.75 Å². The zero-order chi connectivity index (χ0) is 21.8. The van der Waals surface area contributed by atoms with Gasteiger partial charge in [0.1, 0.15) is 12.4 Å². The van der Waals surface area contributed by atoms with Crippen molar-refractivity contribution in [2.75, 3.05) is 0 Å². The van der Waals surface area contributed by atoms with Crippen molar-refractivity contribution in [3.8, 4) is 5.75 Å². The second-order valence-electron chi connectivity index (χ2n) is 6.94. The molecule has 7 nitrogen and oxygen atoms in total. The van der Waals surface area contributed by atoms with Gasteiger partial charge in [-0.25, -0.2) is 9.79 Å². The van der Waals surface area contributed by atoms with E-state index in [1.54, 1.807) is 42.5 Å². The quantitative estimate of drug-likeness (QED) is 0.249. The fraction of sp³-hybridized carbons (Fsp3) is 0.0833. The lowest BCUT2D eigenvalue weighted by atomic mass is 10.1. The number of hydrogen-bond donors (Lipinski definition) is 0. The van der Waals surface area contributed by atoms with Gasteiger partial charge in [-0.3, -0.25) is 10.1 Å². The van der Waals surface area contributed by atoms with Crippen molar-refractivity contribution in [1.82, 2.24) is 0 Å². The van der Waals surface area contributed by atoms with E-state index in [-0.39, 0.29) is 18.0 Å². The van der Waals surface area contributed by atoms with Crippen LogP contribution in [0.2, 0.25) is 0 Å². The Labute approximate surface area is 178 Å². The lowest BCUT2D eigenvalue weighted by Crippen LogP contribution is -2.06. The molecule has 1 heterocycles. The van der Waals surface area contributed by atoms with E-state index in [4.69, 9.17) is 9.47 Å². The van der Waals surface area contributed by atoms with Crippen molar-refractivity contribution >= 4 is 23.6 Å². The van der Waals surface area contributed by atoms with Crippen LogP contribution >= 0.6 is 0 Å². The van der Waals surface area contributed by atoms with E-state index < -0.39 is 10.9 Å². The average Bonchev–Trinajstić information content (AvgIpc) is 3.13. The maximum absolute atomic E-state index is 12.2. The van der Waals surface area contributed by atoms with Crippen LogP contribution in [0.1, 0.15) is 22.3 Å². The van der Waals surface area contributed by atoms with E-state index >= 15 is 0 Å². The van der Waals surface area contributed by atoms with E-state index in [0.717, 1.165) is 16.7 Å². The molecule has 0 aliphatic carbocycles. The first-order chi connectivity index (χ1) is 15.0. The molecule has 0 amide bonds. The highest BCUT2D eigenvalue weighted by atomic mass is 16.6. The molecule has 1 aliphatic heterocycles. The SMILES string of the molecule is Cc1ccccc1C1=N/C(=C\c2ccc(OCc3cccc([N+](=O)[O-])c3)cc2)C(=O)O1. The van der Waals surface area contributed by atoms with E-state index in [2.05, 4.69) is 4.99 Å². The highest BCUT2D eigenvalue weighted by Crippen LogP contribution is 2.22. The van der Waals surface area contributed by atoms with Gasteiger partial charge in [-0.1, -0.05) is 42.5 Å². The van der Waals surface area contributed by atoms with Crippen molar-refractivity contribution in [2.45, 2.75) is 13.5 Å². The summed E-state index contributed by atoms with van der Waals surface area (Å²) in [6.07, 6.45) is 1.65. The molecule has 0 unspecified atom stereocenters. The summed E-state index contributed by atoms with van der Waals surface area (Å²) in [7, 11) is 0. The lowest BCUT2D eigenvalue weighted by molar-refractivity contribution is -0.384. The Morgan fingerprint density at radius 3 is 2.58 bits per heavy atom. The maximum atomic E-state index is 12.2. The number of cyclic esters (lactones) is 1. The van der Waals surface area contributed by atoms with Gasteiger partial charge >= 0.3 is 5.97 Å². The van der Waals surface area contributed by atoms with Gasteiger partial charge in [0, 0.05) is 17.7 Å². The highest BCUT2D eigenvalue weighted by Gasteiger charge is 2.24. The zero-order valence-electron chi connectivity index (χ0n) is 16.6. The standard InChI is InChI=1S/C24H18N2O5/c1-16-5-2-3-8-21(16)23-25-22(24(27)31-23)14-17-9-11-20(12-10-17)30-15-18-6-4-7-19(13-18)26(28)29/h2-14H,15H2,1H3/b22-14-. The largest absolute Gasteiger partial charge is 0.489 e. The molecule has 3 aromatic rings. The summed E-state index contributed by atoms with van der Waals surface area (Å²) in [6, 6.07) is 21.0. The number of esters is 1. The average molecular weight is 414 g/mol. The molecule has 0 N–H and O–H groups in total. The van der Waals surface area contributed by atoms with Crippen molar-refractivity contribution < 1.29 is 19.2 Å². The molecule has 0 aromatic heterocycles. The van der Waals surface area contributed by atoms with Crippen LogP contribution in [0.25, 0.3) is 6.08 Å². The molecule has 4 rings (SSSR count). The number of nitro groups is 1. The Morgan fingerprint density at radius 2 is 1.84 bits per heavy atom. The van der Waals surface area contributed by atoms with Gasteiger partial charge in [-0.15, -0.1) is 0 Å². The van der Waals surface area contributed by atoms with Gasteiger partial charge in [-0.05, 0) is 47.9 Å². The molecule has 7 heteroatoms. The van der Waals surface area contributed by atoms with Gasteiger partial charge in [0.05, 0.1) is 4.92 Å². The molecular weight excluding hydrogens is 396 g/mol. The van der Waals surface area contributed by atoms with Gasteiger partial charge in [-0.2, -0.15) is 0 Å². The number of non-ortho nitro benzene ring substituents is 1. The molecule has 154 valence electrons. The van der Waals surface area contributed by atoms with Gasteiger partial charge in [0.2, 0.25) is 5.90 Å². The number of aliphatic imine (C=N–C) groups is 1.